The van der Waals surface area contributed by atoms with Crippen LogP contribution in [0.5, 0.6) is 0 Å². The number of amides is 1. The second kappa shape index (κ2) is 7.65. The number of hydrogen-bond donors (Lipinski definition) is 1. The Labute approximate surface area is 136 Å². The van der Waals surface area contributed by atoms with Gasteiger partial charge in [-0.3, -0.25) is 10.1 Å². The van der Waals surface area contributed by atoms with E-state index in [0.29, 0.717) is 5.92 Å². The molecule has 5 heteroatoms. The minimum Gasteiger partial charge on any atom is -0.318 e. The Morgan fingerprint density at radius 2 is 2.19 bits per heavy atom. The van der Waals surface area contributed by atoms with Crippen LogP contribution in [0.15, 0.2) is 16.8 Å². The van der Waals surface area contributed by atoms with Crippen LogP contribution in [0.3, 0.4) is 0 Å². The highest BCUT2D eigenvalue weighted by molar-refractivity contribution is 7.99. The number of rotatable bonds is 7. The molecule has 1 aliphatic heterocycles. The topological polar surface area (TPSA) is 32.3 Å². The predicted molar refractivity (Wildman–Crippen MR) is 92.7 cm³/mol. The number of thioether (sulfide) groups is 1. The van der Waals surface area contributed by atoms with Gasteiger partial charge in [-0.05, 0) is 47.4 Å². The average molecular weight is 327 g/mol. The van der Waals surface area contributed by atoms with Gasteiger partial charge in [0.05, 0.1) is 6.04 Å². The van der Waals surface area contributed by atoms with Crippen molar-refractivity contribution in [1.29, 1.82) is 0 Å². The van der Waals surface area contributed by atoms with E-state index in [1.54, 1.807) is 11.3 Å². The van der Waals surface area contributed by atoms with Gasteiger partial charge in [-0.1, -0.05) is 20.8 Å². The molecule has 1 N–H and O–H groups in total. The van der Waals surface area contributed by atoms with Gasteiger partial charge in [0.1, 0.15) is 6.17 Å². The smallest absolute Gasteiger partial charge is 0.241 e. The monoisotopic (exact) mass is 326 g/mol. The molecule has 1 aromatic rings. The summed E-state index contributed by atoms with van der Waals surface area (Å²) in [6.07, 6.45) is 0.948. The van der Waals surface area contributed by atoms with Crippen LogP contribution in [0.4, 0.5) is 0 Å². The van der Waals surface area contributed by atoms with Crippen LogP contribution >= 0.6 is 23.1 Å². The average Bonchev–Trinajstić information content (AvgIpc) is 3.05. The van der Waals surface area contributed by atoms with E-state index >= 15 is 0 Å². The van der Waals surface area contributed by atoms with Gasteiger partial charge in [-0.25, -0.2) is 0 Å². The van der Waals surface area contributed by atoms with Crippen LogP contribution < -0.4 is 5.32 Å². The number of carbonyl (C=O) groups is 1. The van der Waals surface area contributed by atoms with Gasteiger partial charge in [0.15, 0.2) is 0 Å². The van der Waals surface area contributed by atoms with E-state index in [9.17, 15) is 4.79 Å². The maximum Gasteiger partial charge on any atom is 0.241 e. The summed E-state index contributed by atoms with van der Waals surface area (Å²) in [6.45, 7) is 8.68. The second-order valence-corrected chi connectivity index (χ2v) is 8.16. The Balaban J connectivity index is 2.17. The molecule has 21 heavy (non-hydrogen) atoms. The first-order valence-electron chi connectivity index (χ1n) is 7.72. The Morgan fingerprint density at radius 1 is 1.43 bits per heavy atom. The van der Waals surface area contributed by atoms with Crippen LogP contribution in [-0.2, 0) is 4.79 Å². The molecule has 118 valence electrons. The second-order valence-electron chi connectivity index (χ2n) is 6.06. The standard InChI is InChI=1S/C16H26N2OS2/c1-5-20-9-12(4)18-15(13-6-7-21-10-13)17-14(16(18)19)8-11(2)3/h6-7,10-12,14-15,17H,5,8-9H2,1-4H3. The van der Waals surface area contributed by atoms with Crippen LogP contribution in [0.2, 0.25) is 0 Å². The van der Waals surface area contributed by atoms with Crippen molar-refractivity contribution >= 4 is 29.0 Å². The third kappa shape index (κ3) is 4.02. The molecular formula is C16H26N2OS2. The lowest BCUT2D eigenvalue weighted by atomic mass is 10.0. The summed E-state index contributed by atoms with van der Waals surface area (Å²) in [5.41, 5.74) is 1.22. The fourth-order valence-electron chi connectivity index (χ4n) is 2.82. The maximum absolute atomic E-state index is 12.8. The Bertz CT molecular complexity index is 447. The van der Waals surface area contributed by atoms with Crippen LogP contribution in [0.25, 0.3) is 0 Å². The molecule has 0 spiro atoms. The van der Waals surface area contributed by atoms with Crippen molar-refractivity contribution in [2.24, 2.45) is 5.92 Å². The van der Waals surface area contributed by atoms with Crippen molar-refractivity contribution in [3.05, 3.63) is 22.4 Å². The fourth-order valence-corrected chi connectivity index (χ4v) is 4.23. The molecule has 1 fully saturated rings. The number of nitrogens with zero attached hydrogens (tertiary/aromatic N) is 1. The minimum atomic E-state index is -0.0380. The number of carbonyl (C=O) groups excluding carboxylic acids is 1. The van der Waals surface area contributed by atoms with Crippen molar-refractivity contribution in [1.82, 2.24) is 10.2 Å². The Morgan fingerprint density at radius 3 is 2.76 bits per heavy atom. The lowest BCUT2D eigenvalue weighted by Gasteiger charge is -2.30. The molecule has 0 aromatic carbocycles. The molecule has 1 saturated heterocycles. The molecule has 1 aromatic heterocycles. The normalized spacial score (nSPS) is 24.0. The van der Waals surface area contributed by atoms with Gasteiger partial charge in [-0.2, -0.15) is 23.1 Å². The van der Waals surface area contributed by atoms with E-state index in [1.807, 2.05) is 11.8 Å². The van der Waals surface area contributed by atoms with E-state index in [2.05, 4.69) is 54.7 Å². The van der Waals surface area contributed by atoms with E-state index in [4.69, 9.17) is 0 Å². The lowest BCUT2D eigenvalue weighted by Crippen LogP contribution is -2.40. The van der Waals surface area contributed by atoms with Crippen LogP contribution in [0, 0.1) is 5.92 Å². The summed E-state index contributed by atoms with van der Waals surface area (Å²) in [4.78, 5) is 14.9. The van der Waals surface area contributed by atoms with Gasteiger partial charge >= 0.3 is 0 Å². The van der Waals surface area contributed by atoms with Gasteiger partial charge in [0.2, 0.25) is 5.91 Å². The Hall–Kier alpha value is -0.520. The molecule has 0 bridgehead atoms. The third-order valence-electron chi connectivity index (χ3n) is 3.79. The molecule has 3 nitrogen and oxygen atoms in total. The van der Waals surface area contributed by atoms with Gasteiger partial charge in [0, 0.05) is 11.8 Å². The maximum atomic E-state index is 12.8. The van der Waals surface area contributed by atoms with E-state index in [1.165, 1.54) is 5.56 Å². The molecule has 2 rings (SSSR count). The highest BCUT2D eigenvalue weighted by atomic mass is 32.2. The van der Waals surface area contributed by atoms with E-state index < -0.39 is 0 Å². The molecule has 3 unspecified atom stereocenters. The van der Waals surface area contributed by atoms with Crippen molar-refractivity contribution in [3.8, 4) is 0 Å². The summed E-state index contributed by atoms with van der Waals surface area (Å²) < 4.78 is 0. The molecule has 0 aliphatic carbocycles. The predicted octanol–water partition coefficient (Wildman–Crippen LogP) is 3.73. The first-order valence-corrected chi connectivity index (χ1v) is 9.82. The van der Waals surface area contributed by atoms with Crippen molar-refractivity contribution in [3.63, 3.8) is 0 Å². The SMILES string of the molecule is CCSCC(C)N1C(=O)C(CC(C)C)NC1c1ccsc1. The molecule has 1 amide bonds. The first kappa shape index (κ1) is 16.8. The molecule has 0 radical (unpaired) electrons. The zero-order chi connectivity index (χ0) is 15.4. The van der Waals surface area contributed by atoms with E-state index in [0.717, 1.165) is 17.9 Å². The summed E-state index contributed by atoms with van der Waals surface area (Å²) in [7, 11) is 0. The number of thiophene rings is 1. The van der Waals surface area contributed by atoms with Gasteiger partial charge in [0.25, 0.3) is 0 Å². The quantitative estimate of drug-likeness (QED) is 0.828. The number of hydrogen-bond acceptors (Lipinski definition) is 4. The summed E-state index contributed by atoms with van der Waals surface area (Å²) in [5.74, 6) is 2.89. The minimum absolute atomic E-state index is 0.0380. The summed E-state index contributed by atoms with van der Waals surface area (Å²) >= 11 is 3.59. The molecule has 1 aliphatic rings. The highest BCUT2D eigenvalue weighted by Gasteiger charge is 2.41. The zero-order valence-electron chi connectivity index (χ0n) is 13.3. The van der Waals surface area contributed by atoms with Gasteiger partial charge < -0.3 is 4.90 Å². The number of nitrogens with one attached hydrogen (secondary N) is 1. The fraction of sp³-hybridized carbons (Fsp3) is 0.688. The molecule has 0 saturated carbocycles. The van der Waals surface area contributed by atoms with Crippen molar-refractivity contribution in [2.75, 3.05) is 11.5 Å². The molecule has 2 heterocycles. The summed E-state index contributed by atoms with van der Waals surface area (Å²) in [5, 5.41) is 7.79. The summed E-state index contributed by atoms with van der Waals surface area (Å²) in [6, 6.07) is 2.35. The van der Waals surface area contributed by atoms with Gasteiger partial charge in [-0.15, -0.1) is 0 Å². The first-order chi connectivity index (χ1) is 10.0. The Kier molecular flexibility index (Phi) is 6.14. The van der Waals surface area contributed by atoms with E-state index in [-0.39, 0.29) is 24.2 Å². The lowest BCUT2D eigenvalue weighted by molar-refractivity contribution is -0.131. The van der Waals surface area contributed by atoms with Crippen molar-refractivity contribution < 1.29 is 4.79 Å². The highest BCUT2D eigenvalue weighted by Crippen LogP contribution is 2.31. The van der Waals surface area contributed by atoms with Crippen LogP contribution in [0.1, 0.15) is 45.8 Å². The zero-order valence-corrected chi connectivity index (χ0v) is 15.0. The third-order valence-corrected chi connectivity index (χ3v) is 5.62. The molecule has 3 atom stereocenters. The van der Waals surface area contributed by atoms with Crippen LogP contribution in [-0.4, -0.2) is 34.4 Å². The largest absolute Gasteiger partial charge is 0.318 e. The molecular weight excluding hydrogens is 300 g/mol. The van der Waals surface area contributed by atoms with Crippen molar-refractivity contribution in [2.45, 2.75) is 52.4 Å².